The number of hydrazone groups is 1. The van der Waals surface area contributed by atoms with Gasteiger partial charge in [-0.25, -0.2) is 4.92 Å². The van der Waals surface area contributed by atoms with E-state index in [9.17, 15) is 9.82 Å². The van der Waals surface area contributed by atoms with E-state index in [0.717, 1.165) is 10.5 Å². The minimum Gasteiger partial charge on any atom is -0.427 e. The van der Waals surface area contributed by atoms with E-state index in [2.05, 4.69) is 25.0 Å². The van der Waals surface area contributed by atoms with Gasteiger partial charge in [-0.2, -0.15) is 5.10 Å². The van der Waals surface area contributed by atoms with Crippen LogP contribution in [0, 0.1) is 0 Å². The molecule has 0 radical (unpaired) electrons. The Morgan fingerprint density at radius 1 is 1.22 bits per heavy atom. The van der Waals surface area contributed by atoms with E-state index in [-0.39, 0.29) is 0 Å². The fourth-order valence-electron chi connectivity index (χ4n) is 1.65. The molecule has 0 fully saturated rings. The summed E-state index contributed by atoms with van der Waals surface area (Å²) in [4.78, 5) is 13.5. The van der Waals surface area contributed by atoms with E-state index >= 15 is 0 Å². The van der Waals surface area contributed by atoms with Crippen LogP contribution >= 0.6 is 0 Å². The molecule has 0 saturated carbocycles. The van der Waals surface area contributed by atoms with Crippen molar-refractivity contribution in [2.24, 2.45) is 5.10 Å². The molecule has 0 bridgehead atoms. The molecule has 0 aromatic carbocycles. The van der Waals surface area contributed by atoms with Crippen molar-refractivity contribution in [3.8, 4) is 0 Å². The quantitative estimate of drug-likeness (QED) is 0.245. The zero-order valence-electron chi connectivity index (χ0n) is 14.4. The van der Waals surface area contributed by atoms with Crippen LogP contribution in [0.5, 0.6) is 0 Å². The van der Waals surface area contributed by atoms with Crippen LogP contribution in [-0.2, 0) is 4.79 Å². The minimum atomic E-state index is -1.27. The molecule has 4 nitrogen and oxygen atoms in total. The first kappa shape index (κ1) is 20.6. The smallest absolute Gasteiger partial charge is 0.427 e. The summed E-state index contributed by atoms with van der Waals surface area (Å²) in [6.07, 6.45) is 10.1. The van der Waals surface area contributed by atoms with Crippen LogP contribution in [-0.4, -0.2) is 29.6 Å². The van der Waals surface area contributed by atoms with Gasteiger partial charge in [-0.05, 0) is 39.2 Å². The molecule has 122 valence electrons. The maximum absolute atomic E-state index is 12.5. The molecule has 0 aromatic heterocycles. The zero-order valence-corrected chi connectivity index (χ0v) is 14.4. The zero-order chi connectivity index (χ0) is 18.0. The number of hydrogen-bond donors (Lipinski definition) is 1. The SMILES string of the molecule is C=C/C(=C\C=C(C)C)C(=O)N(N=C)B(O)/C(=C/C=C\C)C(=C)C. The van der Waals surface area contributed by atoms with Gasteiger partial charge in [0, 0.05) is 12.3 Å². The molecule has 0 spiro atoms. The van der Waals surface area contributed by atoms with Gasteiger partial charge < -0.3 is 5.02 Å². The van der Waals surface area contributed by atoms with Crippen molar-refractivity contribution in [1.29, 1.82) is 0 Å². The maximum Gasteiger partial charge on any atom is 0.474 e. The molecule has 0 saturated heterocycles. The molecule has 0 aliphatic rings. The summed E-state index contributed by atoms with van der Waals surface area (Å²) in [5.41, 5.74) is 2.45. The summed E-state index contributed by atoms with van der Waals surface area (Å²) in [6.45, 7) is 18.3. The highest BCUT2D eigenvalue weighted by molar-refractivity contribution is 6.60. The third-order valence-electron chi connectivity index (χ3n) is 2.89. The molecule has 1 N–H and O–H groups in total. The number of hydrogen-bond acceptors (Lipinski definition) is 3. The topological polar surface area (TPSA) is 52.9 Å². The van der Waals surface area contributed by atoms with Gasteiger partial charge in [0.2, 0.25) is 0 Å². The second-order valence-corrected chi connectivity index (χ2v) is 5.16. The molecule has 0 atom stereocenters. The van der Waals surface area contributed by atoms with E-state index in [0.29, 0.717) is 16.6 Å². The molecule has 0 aliphatic heterocycles. The molecule has 0 rings (SSSR count). The number of nitrogens with zero attached hydrogens (tertiary/aromatic N) is 2. The van der Waals surface area contributed by atoms with Crippen LogP contribution in [0.15, 0.2) is 76.9 Å². The fraction of sp³-hybridized carbons (Fsp3) is 0.222. The van der Waals surface area contributed by atoms with Gasteiger partial charge in [0.15, 0.2) is 0 Å². The first-order valence-electron chi connectivity index (χ1n) is 7.24. The van der Waals surface area contributed by atoms with E-state index < -0.39 is 13.0 Å². The van der Waals surface area contributed by atoms with Crippen molar-refractivity contribution < 1.29 is 9.82 Å². The Labute approximate surface area is 139 Å². The number of amides is 1. The summed E-state index contributed by atoms with van der Waals surface area (Å²) in [7, 11) is -1.27. The largest absolute Gasteiger partial charge is 0.474 e. The highest BCUT2D eigenvalue weighted by Gasteiger charge is 2.31. The molecule has 1 amide bonds. The van der Waals surface area contributed by atoms with Crippen molar-refractivity contribution in [2.45, 2.75) is 27.7 Å². The highest BCUT2D eigenvalue weighted by Crippen LogP contribution is 2.16. The molecule has 23 heavy (non-hydrogen) atoms. The van der Waals surface area contributed by atoms with Crippen LogP contribution in [0.3, 0.4) is 0 Å². The lowest BCUT2D eigenvalue weighted by atomic mass is 9.68. The number of allylic oxidation sites excluding steroid dienone is 8. The average molecular weight is 312 g/mol. The first-order chi connectivity index (χ1) is 10.8. The van der Waals surface area contributed by atoms with Gasteiger partial charge in [-0.1, -0.05) is 54.7 Å². The monoisotopic (exact) mass is 312 g/mol. The van der Waals surface area contributed by atoms with Gasteiger partial charge in [0.25, 0.3) is 5.91 Å². The van der Waals surface area contributed by atoms with Crippen molar-refractivity contribution in [3.63, 3.8) is 0 Å². The van der Waals surface area contributed by atoms with Gasteiger partial charge in [0.1, 0.15) is 0 Å². The van der Waals surface area contributed by atoms with Gasteiger partial charge in [-0.3, -0.25) is 4.79 Å². The standard InChI is InChI=1S/C18H25BN2O2/c1-8-10-11-17(15(5)6)19(23)21(20-7)18(22)16(9-2)13-12-14(3)4/h8-13,23H,2,5,7H2,1,3-4,6H3/b10-8-,16-13+,17-11+. The third-order valence-corrected chi connectivity index (χ3v) is 2.89. The van der Waals surface area contributed by atoms with E-state index in [1.807, 2.05) is 26.8 Å². The molecule has 5 heteroatoms. The fourth-order valence-corrected chi connectivity index (χ4v) is 1.65. The van der Waals surface area contributed by atoms with E-state index in [1.54, 1.807) is 31.2 Å². The predicted molar refractivity (Wildman–Crippen MR) is 99.8 cm³/mol. The van der Waals surface area contributed by atoms with Gasteiger partial charge >= 0.3 is 7.05 Å². The normalized spacial score (nSPS) is 11.9. The predicted octanol–water partition coefficient (Wildman–Crippen LogP) is 3.61. The third kappa shape index (κ3) is 6.49. The Bertz CT molecular complexity index is 594. The van der Waals surface area contributed by atoms with Crippen LogP contribution in [0.2, 0.25) is 0 Å². The molecule has 0 heterocycles. The average Bonchev–Trinajstić information content (AvgIpc) is 2.48. The van der Waals surface area contributed by atoms with Gasteiger partial charge in [0.05, 0.1) is 0 Å². The Balaban J connectivity index is 5.72. The molecular weight excluding hydrogens is 287 g/mol. The van der Waals surface area contributed by atoms with Crippen molar-refractivity contribution in [1.82, 2.24) is 4.92 Å². The van der Waals surface area contributed by atoms with Crippen molar-refractivity contribution in [3.05, 3.63) is 71.8 Å². The van der Waals surface area contributed by atoms with E-state index in [4.69, 9.17) is 0 Å². The van der Waals surface area contributed by atoms with Crippen LogP contribution in [0.25, 0.3) is 0 Å². The lowest BCUT2D eigenvalue weighted by Gasteiger charge is -2.22. The van der Waals surface area contributed by atoms with E-state index in [1.165, 1.54) is 6.08 Å². The lowest BCUT2D eigenvalue weighted by molar-refractivity contribution is -0.123. The summed E-state index contributed by atoms with van der Waals surface area (Å²) < 4.78 is 0. The summed E-state index contributed by atoms with van der Waals surface area (Å²) in [6, 6.07) is 0. The Morgan fingerprint density at radius 2 is 1.83 bits per heavy atom. The molecule has 0 unspecified atom stereocenters. The van der Waals surface area contributed by atoms with Crippen LogP contribution in [0.1, 0.15) is 27.7 Å². The number of rotatable bonds is 8. The van der Waals surface area contributed by atoms with Crippen molar-refractivity contribution in [2.75, 3.05) is 0 Å². The number of carbonyl (C=O) groups is 1. The minimum absolute atomic E-state index is 0.310. The van der Waals surface area contributed by atoms with Crippen molar-refractivity contribution >= 4 is 19.7 Å². The summed E-state index contributed by atoms with van der Waals surface area (Å²) in [5, 5.41) is 14.2. The summed E-state index contributed by atoms with van der Waals surface area (Å²) in [5.74, 6) is -0.493. The van der Waals surface area contributed by atoms with Gasteiger partial charge in [-0.15, -0.1) is 0 Å². The Morgan fingerprint density at radius 3 is 2.22 bits per heavy atom. The highest BCUT2D eigenvalue weighted by atomic mass is 16.2. The molecule has 0 aromatic rings. The second-order valence-electron chi connectivity index (χ2n) is 5.16. The lowest BCUT2D eigenvalue weighted by Crippen LogP contribution is -2.42. The molecular formula is C18H25BN2O2. The summed E-state index contributed by atoms with van der Waals surface area (Å²) >= 11 is 0. The second kappa shape index (κ2) is 10.4. The molecule has 0 aliphatic carbocycles. The Hall–Kier alpha value is -2.40. The Kier molecular flexibility index (Phi) is 9.27. The van der Waals surface area contributed by atoms with Crippen LogP contribution < -0.4 is 0 Å². The number of carbonyl (C=O) groups excluding carboxylic acids is 1. The maximum atomic E-state index is 12.5. The first-order valence-corrected chi connectivity index (χ1v) is 7.24. The van der Waals surface area contributed by atoms with Crippen LogP contribution in [0.4, 0.5) is 0 Å².